The summed E-state index contributed by atoms with van der Waals surface area (Å²) in [4.78, 5) is 12.1. The van der Waals surface area contributed by atoms with Crippen molar-refractivity contribution in [2.45, 2.75) is 0 Å². The summed E-state index contributed by atoms with van der Waals surface area (Å²) in [6.07, 6.45) is 0. The van der Waals surface area contributed by atoms with E-state index < -0.39 is 11.7 Å². The second-order valence-corrected chi connectivity index (χ2v) is 4.90. The van der Waals surface area contributed by atoms with E-state index in [1.165, 1.54) is 25.3 Å². The fourth-order valence-corrected chi connectivity index (χ4v) is 2.23. The lowest BCUT2D eigenvalue weighted by Gasteiger charge is -2.10. The van der Waals surface area contributed by atoms with Crippen LogP contribution in [0.5, 0.6) is 11.5 Å². The molecule has 0 spiro atoms. The molecule has 0 aliphatic carbocycles. The second-order valence-electron chi connectivity index (χ2n) is 4.09. The highest BCUT2D eigenvalue weighted by atomic mass is 35.5. The van der Waals surface area contributed by atoms with Gasteiger partial charge in [0, 0.05) is 5.56 Å². The lowest BCUT2D eigenvalue weighted by atomic mass is 10.2. The van der Waals surface area contributed by atoms with Crippen LogP contribution in [0.3, 0.4) is 0 Å². The number of benzene rings is 2. The summed E-state index contributed by atoms with van der Waals surface area (Å²) in [7, 11) is 1.40. The fraction of sp³-hybridized carbons (Fsp3) is 0.0714. The van der Waals surface area contributed by atoms with E-state index in [1.807, 2.05) is 0 Å². The number of carbonyl (C=O) groups is 1. The van der Waals surface area contributed by atoms with E-state index in [0.717, 1.165) is 12.1 Å². The van der Waals surface area contributed by atoms with Gasteiger partial charge in [-0.15, -0.1) is 0 Å². The zero-order chi connectivity index (χ0) is 15.6. The number of aromatic hydroxyl groups is 1. The Morgan fingerprint density at radius 3 is 2.38 bits per heavy atom. The number of amides is 1. The predicted molar refractivity (Wildman–Crippen MR) is 79.0 cm³/mol. The third kappa shape index (κ3) is 3.37. The quantitative estimate of drug-likeness (QED) is 0.891. The van der Waals surface area contributed by atoms with Gasteiger partial charge in [0.1, 0.15) is 5.82 Å². The number of hydrogen-bond acceptors (Lipinski definition) is 3. The minimum Gasteiger partial charge on any atom is -0.504 e. The van der Waals surface area contributed by atoms with Crippen molar-refractivity contribution in [1.82, 2.24) is 0 Å². The lowest BCUT2D eigenvalue weighted by molar-refractivity contribution is 0.102. The standard InChI is InChI=1S/C14H10Cl2FNO3/c1-21-12-3-2-7(4-11(12)19)14(20)18-13-9(15)5-8(17)6-10(13)16/h2-6,19H,1H3,(H,18,20). The molecular formula is C14H10Cl2FNO3. The van der Waals surface area contributed by atoms with E-state index in [4.69, 9.17) is 27.9 Å². The molecule has 2 N–H and O–H groups in total. The number of rotatable bonds is 3. The molecule has 0 aliphatic heterocycles. The molecule has 0 heterocycles. The van der Waals surface area contributed by atoms with E-state index in [1.54, 1.807) is 0 Å². The molecule has 0 fully saturated rings. The van der Waals surface area contributed by atoms with Crippen LogP contribution in [0.25, 0.3) is 0 Å². The van der Waals surface area contributed by atoms with Crippen molar-refractivity contribution in [2.24, 2.45) is 0 Å². The molecule has 4 nitrogen and oxygen atoms in total. The molecule has 0 bridgehead atoms. The maximum atomic E-state index is 13.1. The Labute approximate surface area is 130 Å². The highest BCUT2D eigenvalue weighted by Crippen LogP contribution is 2.32. The first-order chi connectivity index (χ1) is 9.92. The maximum Gasteiger partial charge on any atom is 0.255 e. The van der Waals surface area contributed by atoms with Gasteiger partial charge in [0.15, 0.2) is 11.5 Å². The van der Waals surface area contributed by atoms with Gasteiger partial charge in [-0.1, -0.05) is 23.2 Å². The summed E-state index contributed by atoms with van der Waals surface area (Å²) < 4.78 is 18.0. The first kappa shape index (κ1) is 15.4. The van der Waals surface area contributed by atoms with Crippen LogP contribution >= 0.6 is 23.2 Å². The van der Waals surface area contributed by atoms with Crippen LogP contribution in [0.4, 0.5) is 10.1 Å². The van der Waals surface area contributed by atoms with E-state index in [9.17, 15) is 14.3 Å². The third-order valence-electron chi connectivity index (χ3n) is 2.69. The molecule has 0 unspecified atom stereocenters. The third-order valence-corrected chi connectivity index (χ3v) is 3.28. The van der Waals surface area contributed by atoms with Gasteiger partial charge in [-0.25, -0.2) is 4.39 Å². The normalized spacial score (nSPS) is 10.3. The molecule has 2 aromatic rings. The molecule has 2 aromatic carbocycles. The van der Waals surface area contributed by atoms with Gasteiger partial charge in [0.05, 0.1) is 22.8 Å². The molecule has 7 heteroatoms. The molecule has 0 aliphatic rings. The van der Waals surface area contributed by atoms with Crippen LogP contribution in [0.2, 0.25) is 10.0 Å². The van der Waals surface area contributed by atoms with Gasteiger partial charge in [0.2, 0.25) is 0 Å². The van der Waals surface area contributed by atoms with Crippen LogP contribution in [0, 0.1) is 5.82 Å². The zero-order valence-electron chi connectivity index (χ0n) is 10.8. The summed E-state index contributed by atoms with van der Waals surface area (Å²) in [5.41, 5.74) is 0.268. The number of anilines is 1. The van der Waals surface area contributed by atoms with Crippen LogP contribution < -0.4 is 10.1 Å². The number of hydrogen-bond donors (Lipinski definition) is 2. The second kappa shape index (κ2) is 6.20. The topological polar surface area (TPSA) is 58.6 Å². The Morgan fingerprint density at radius 1 is 1.24 bits per heavy atom. The molecule has 21 heavy (non-hydrogen) atoms. The zero-order valence-corrected chi connectivity index (χ0v) is 12.3. The highest BCUT2D eigenvalue weighted by Gasteiger charge is 2.14. The first-order valence-electron chi connectivity index (χ1n) is 5.75. The Bertz CT molecular complexity index is 684. The SMILES string of the molecule is COc1ccc(C(=O)Nc2c(Cl)cc(F)cc2Cl)cc1O. The van der Waals surface area contributed by atoms with E-state index in [2.05, 4.69) is 5.32 Å². The van der Waals surface area contributed by atoms with Gasteiger partial charge in [-0.2, -0.15) is 0 Å². The van der Waals surface area contributed by atoms with Crippen molar-refractivity contribution in [2.75, 3.05) is 12.4 Å². The van der Waals surface area contributed by atoms with Gasteiger partial charge in [-0.3, -0.25) is 4.79 Å². The van der Waals surface area contributed by atoms with E-state index >= 15 is 0 Å². The summed E-state index contributed by atoms with van der Waals surface area (Å²) >= 11 is 11.7. The predicted octanol–water partition coefficient (Wildman–Crippen LogP) is 4.10. The van der Waals surface area contributed by atoms with Crippen molar-refractivity contribution in [3.8, 4) is 11.5 Å². The molecule has 0 atom stereocenters. The minimum atomic E-state index is -0.606. The van der Waals surface area contributed by atoms with Crippen LogP contribution in [0.15, 0.2) is 30.3 Å². The number of ether oxygens (including phenoxy) is 1. The van der Waals surface area contributed by atoms with Crippen LogP contribution in [-0.2, 0) is 0 Å². The fourth-order valence-electron chi connectivity index (χ4n) is 1.68. The molecule has 0 aromatic heterocycles. The number of phenolic OH excluding ortho intramolecular Hbond substituents is 1. The number of nitrogens with one attached hydrogen (secondary N) is 1. The van der Waals surface area contributed by atoms with Crippen molar-refractivity contribution >= 4 is 34.8 Å². The minimum absolute atomic E-state index is 0.0221. The van der Waals surface area contributed by atoms with Crippen LogP contribution in [0.1, 0.15) is 10.4 Å². The molecule has 0 saturated heterocycles. The molecular weight excluding hydrogens is 320 g/mol. The van der Waals surface area contributed by atoms with Crippen molar-refractivity contribution in [3.63, 3.8) is 0 Å². The largest absolute Gasteiger partial charge is 0.504 e. The molecule has 110 valence electrons. The van der Waals surface area contributed by atoms with Gasteiger partial charge < -0.3 is 15.2 Å². The average Bonchev–Trinajstić information content (AvgIpc) is 2.42. The summed E-state index contributed by atoms with van der Waals surface area (Å²) in [5.74, 6) is -1.10. The van der Waals surface area contributed by atoms with Gasteiger partial charge in [0.25, 0.3) is 5.91 Å². The lowest BCUT2D eigenvalue weighted by Crippen LogP contribution is -2.12. The van der Waals surface area contributed by atoms with Crippen LogP contribution in [-0.4, -0.2) is 18.1 Å². The van der Waals surface area contributed by atoms with E-state index in [-0.39, 0.29) is 32.8 Å². The van der Waals surface area contributed by atoms with Crippen molar-refractivity contribution < 1.29 is 19.0 Å². The molecule has 0 saturated carbocycles. The number of methoxy groups -OCH3 is 1. The Kier molecular flexibility index (Phi) is 4.55. The maximum absolute atomic E-state index is 13.1. The summed E-state index contributed by atoms with van der Waals surface area (Å²) in [5, 5.41) is 12.1. The molecule has 2 rings (SSSR count). The number of carbonyl (C=O) groups excluding carboxylic acids is 1. The van der Waals surface area contributed by atoms with E-state index in [0.29, 0.717) is 0 Å². The number of phenols is 1. The summed E-state index contributed by atoms with van der Waals surface area (Å²) in [6.45, 7) is 0. The monoisotopic (exact) mass is 329 g/mol. The Hall–Kier alpha value is -1.98. The number of halogens is 3. The molecule has 1 amide bonds. The smallest absolute Gasteiger partial charge is 0.255 e. The van der Waals surface area contributed by atoms with Crippen molar-refractivity contribution in [3.05, 3.63) is 51.8 Å². The van der Waals surface area contributed by atoms with Gasteiger partial charge in [-0.05, 0) is 30.3 Å². The Morgan fingerprint density at radius 2 is 1.86 bits per heavy atom. The average molecular weight is 330 g/mol. The summed E-state index contributed by atoms with van der Waals surface area (Å²) in [6, 6.07) is 6.21. The van der Waals surface area contributed by atoms with Gasteiger partial charge >= 0.3 is 0 Å². The first-order valence-corrected chi connectivity index (χ1v) is 6.51. The highest BCUT2D eigenvalue weighted by molar-refractivity contribution is 6.40. The van der Waals surface area contributed by atoms with Crippen molar-refractivity contribution in [1.29, 1.82) is 0 Å². The molecule has 0 radical (unpaired) electrons. The Balaban J connectivity index is 2.28.